The standard InChI is InChI=1S/C19H24O4/c1-10-7-11(2)16(15(8-10)23-4)17-18(20)13-6-5-12(22-3)9-14(13)19(17)21/h7-8,12-14,17H,5-6,9H2,1-4H3. The summed E-state index contributed by atoms with van der Waals surface area (Å²) in [5.74, 6) is -0.250. The van der Waals surface area contributed by atoms with Crippen LogP contribution in [0, 0.1) is 25.7 Å². The summed E-state index contributed by atoms with van der Waals surface area (Å²) in [6, 6.07) is 3.92. The van der Waals surface area contributed by atoms with Crippen LogP contribution >= 0.6 is 0 Å². The maximum Gasteiger partial charge on any atom is 0.151 e. The molecule has 2 aliphatic carbocycles. The molecule has 4 heteroatoms. The highest BCUT2D eigenvalue weighted by Gasteiger charge is 2.52. The number of rotatable bonds is 3. The minimum atomic E-state index is -0.670. The van der Waals surface area contributed by atoms with Gasteiger partial charge in [0, 0.05) is 24.5 Å². The van der Waals surface area contributed by atoms with Crippen LogP contribution in [0.25, 0.3) is 0 Å². The zero-order valence-electron chi connectivity index (χ0n) is 14.2. The second-order valence-electron chi connectivity index (χ2n) is 6.82. The van der Waals surface area contributed by atoms with Crippen molar-refractivity contribution >= 4 is 11.6 Å². The smallest absolute Gasteiger partial charge is 0.151 e. The second kappa shape index (κ2) is 6.08. The third kappa shape index (κ3) is 2.59. The van der Waals surface area contributed by atoms with Crippen LogP contribution in [-0.2, 0) is 14.3 Å². The number of ether oxygens (including phenoxy) is 2. The molecule has 124 valence electrons. The number of carbonyl (C=O) groups is 2. The molecule has 4 unspecified atom stereocenters. The number of carbonyl (C=O) groups excluding carboxylic acids is 2. The van der Waals surface area contributed by atoms with Crippen molar-refractivity contribution in [2.45, 2.75) is 45.1 Å². The minimum absolute atomic E-state index is 0.0482. The van der Waals surface area contributed by atoms with E-state index in [9.17, 15) is 9.59 Å². The molecule has 0 N–H and O–H groups in total. The van der Waals surface area contributed by atoms with Gasteiger partial charge in [0.25, 0.3) is 0 Å². The van der Waals surface area contributed by atoms with Gasteiger partial charge in [0.1, 0.15) is 11.7 Å². The van der Waals surface area contributed by atoms with E-state index >= 15 is 0 Å². The average molecular weight is 316 g/mol. The monoisotopic (exact) mass is 316 g/mol. The molecule has 1 aromatic carbocycles. The summed E-state index contributed by atoms with van der Waals surface area (Å²) >= 11 is 0. The summed E-state index contributed by atoms with van der Waals surface area (Å²) in [4.78, 5) is 25.9. The first-order chi connectivity index (χ1) is 11.0. The lowest BCUT2D eigenvalue weighted by molar-refractivity contribution is -0.125. The molecule has 1 aromatic rings. The van der Waals surface area contributed by atoms with Gasteiger partial charge in [-0.05, 0) is 50.3 Å². The number of ketones is 2. The third-order valence-electron chi connectivity index (χ3n) is 5.44. The van der Waals surface area contributed by atoms with E-state index in [4.69, 9.17) is 9.47 Å². The first kappa shape index (κ1) is 16.2. The SMILES string of the molecule is COc1cc(C)cc(C)c1C1C(=O)C2CCC(OC)CC2C1=O. The van der Waals surface area contributed by atoms with Crippen molar-refractivity contribution in [3.05, 3.63) is 28.8 Å². The molecule has 0 amide bonds. The summed E-state index contributed by atoms with van der Waals surface area (Å²) < 4.78 is 10.9. The quantitative estimate of drug-likeness (QED) is 0.805. The third-order valence-corrected chi connectivity index (χ3v) is 5.44. The molecule has 0 spiro atoms. The highest BCUT2D eigenvalue weighted by molar-refractivity contribution is 6.16. The maximum absolute atomic E-state index is 13.0. The van der Waals surface area contributed by atoms with Gasteiger partial charge in [-0.15, -0.1) is 0 Å². The van der Waals surface area contributed by atoms with Gasteiger partial charge in [-0.1, -0.05) is 6.07 Å². The molecule has 0 saturated heterocycles. The Bertz CT molecular complexity index is 649. The van der Waals surface area contributed by atoms with Crippen LogP contribution in [0.1, 0.15) is 41.9 Å². The van der Waals surface area contributed by atoms with Crippen LogP contribution in [0.2, 0.25) is 0 Å². The van der Waals surface area contributed by atoms with Gasteiger partial charge < -0.3 is 9.47 Å². The number of benzene rings is 1. The molecule has 0 radical (unpaired) electrons. The largest absolute Gasteiger partial charge is 0.496 e. The second-order valence-corrected chi connectivity index (χ2v) is 6.82. The Balaban J connectivity index is 2.02. The number of fused-ring (bicyclic) bond motifs is 1. The molecule has 4 nitrogen and oxygen atoms in total. The van der Waals surface area contributed by atoms with Crippen LogP contribution in [0.4, 0.5) is 0 Å². The van der Waals surface area contributed by atoms with Crippen molar-refractivity contribution in [2.24, 2.45) is 11.8 Å². The summed E-state index contributed by atoms with van der Waals surface area (Å²) in [7, 11) is 3.27. The Labute approximate surface area is 137 Å². The molecule has 2 saturated carbocycles. The maximum atomic E-state index is 13.0. The molecule has 2 fully saturated rings. The fraction of sp³-hybridized carbons (Fsp3) is 0.579. The van der Waals surface area contributed by atoms with Gasteiger partial charge >= 0.3 is 0 Å². The van der Waals surface area contributed by atoms with Gasteiger partial charge in [0.2, 0.25) is 0 Å². The first-order valence-corrected chi connectivity index (χ1v) is 8.23. The van der Waals surface area contributed by atoms with Gasteiger partial charge in [-0.3, -0.25) is 9.59 Å². The van der Waals surface area contributed by atoms with Crippen molar-refractivity contribution in [1.29, 1.82) is 0 Å². The number of hydrogen-bond acceptors (Lipinski definition) is 4. The molecule has 0 bridgehead atoms. The van der Waals surface area contributed by atoms with Crippen molar-refractivity contribution in [3.63, 3.8) is 0 Å². The summed E-state index contributed by atoms with van der Waals surface area (Å²) in [6.45, 7) is 3.94. The van der Waals surface area contributed by atoms with Crippen molar-refractivity contribution in [1.82, 2.24) is 0 Å². The molecule has 3 rings (SSSR count). The van der Waals surface area contributed by atoms with Crippen molar-refractivity contribution in [2.75, 3.05) is 14.2 Å². The summed E-state index contributed by atoms with van der Waals surface area (Å²) in [5, 5.41) is 0. The highest BCUT2D eigenvalue weighted by atomic mass is 16.5. The van der Waals surface area contributed by atoms with Crippen LogP contribution in [0.3, 0.4) is 0 Å². The molecule has 2 aliphatic rings. The first-order valence-electron chi connectivity index (χ1n) is 8.23. The molecule has 0 aliphatic heterocycles. The van der Waals surface area contributed by atoms with Gasteiger partial charge in [0.05, 0.1) is 13.2 Å². The van der Waals surface area contributed by atoms with Gasteiger partial charge in [-0.2, -0.15) is 0 Å². The number of Topliss-reactive ketones (excluding diaryl/α,β-unsaturated/α-hetero) is 2. The minimum Gasteiger partial charge on any atom is -0.496 e. The van der Waals surface area contributed by atoms with Gasteiger partial charge in [0.15, 0.2) is 11.6 Å². The van der Waals surface area contributed by atoms with E-state index in [1.807, 2.05) is 26.0 Å². The lowest BCUT2D eigenvalue weighted by Gasteiger charge is -2.28. The predicted molar refractivity (Wildman–Crippen MR) is 86.9 cm³/mol. The molecule has 0 aromatic heterocycles. The number of aryl methyl sites for hydroxylation is 2. The summed E-state index contributed by atoms with van der Waals surface area (Å²) in [6.07, 6.45) is 2.35. The fourth-order valence-electron chi connectivity index (χ4n) is 4.33. The topological polar surface area (TPSA) is 52.6 Å². The Hall–Kier alpha value is -1.68. The number of methoxy groups -OCH3 is 2. The Morgan fingerprint density at radius 3 is 2.35 bits per heavy atom. The van der Waals surface area contributed by atoms with Crippen LogP contribution in [0.15, 0.2) is 12.1 Å². The molecular weight excluding hydrogens is 292 g/mol. The van der Waals surface area contributed by atoms with E-state index < -0.39 is 5.92 Å². The molecule has 0 heterocycles. The normalized spacial score (nSPS) is 30.4. The van der Waals surface area contributed by atoms with E-state index in [0.29, 0.717) is 12.2 Å². The van der Waals surface area contributed by atoms with Crippen LogP contribution in [-0.4, -0.2) is 31.9 Å². The van der Waals surface area contributed by atoms with E-state index in [1.165, 1.54) is 0 Å². The fourth-order valence-corrected chi connectivity index (χ4v) is 4.33. The lowest BCUT2D eigenvalue weighted by atomic mass is 9.79. The van der Waals surface area contributed by atoms with E-state index in [2.05, 4.69) is 0 Å². The van der Waals surface area contributed by atoms with Gasteiger partial charge in [-0.25, -0.2) is 0 Å². The Morgan fingerprint density at radius 2 is 1.70 bits per heavy atom. The zero-order chi connectivity index (χ0) is 16.7. The Kier molecular flexibility index (Phi) is 4.28. The highest BCUT2D eigenvalue weighted by Crippen LogP contribution is 2.47. The van der Waals surface area contributed by atoms with Crippen LogP contribution in [0.5, 0.6) is 5.75 Å². The van der Waals surface area contributed by atoms with E-state index in [-0.39, 0.29) is 29.5 Å². The predicted octanol–water partition coefficient (Wildman–Crippen LogP) is 2.98. The lowest BCUT2D eigenvalue weighted by Crippen LogP contribution is -2.30. The summed E-state index contributed by atoms with van der Waals surface area (Å²) in [5.41, 5.74) is 2.78. The molecule has 23 heavy (non-hydrogen) atoms. The number of hydrogen-bond donors (Lipinski definition) is 0. The van der Waals surface area contributed by atoms with E-state index in [0.717, 1.165) is 29.5 Å². The molecule has 4 atom stereocenters. The van der Waals surface area contributed by atoms with Crippen molar-refractivity contribution in [3.8, 4) is 5.75 Å². The van der Waals surface area contributed by atoms with E-state index in [1.54, 1.807) is 14.2 Å². The van der Waals surface area contributed by atoms with Crippen molar-refractivity contribution < 1.29 is 19.1 Å². The molecular formula is C19H24O4. The van der Waals surface area contributed by atoms with Crippen LogP contribution < -0.4 is 4.74 Å². The zero-order valence-corrected chi connectivity index (χ0v) is 14.2. The average Bonchev–Trinajstić information content (AvgIpc) is 2.78. The Morgan fingerprint density at radius 1 is 1.00 bits per heavy atom.